The van der Waals surface area contributed by atoms with Crippen molar-refractivity contribution in [2.45, 2.75) is 360 Å². The summed E-state index contributed by atoms with van der Waals surface area (Å²) >= 11 is 0. The van der Waals surface area contributed by atoms with Crippen LogP contribution in [0.4, 0.5) is 0 Å². The molecular weight excluding hydrogens is 1480 g/mol. The summed E-state index contributed by atoms with van der Waals surface area (Å²) in [5, 5.41) is 20.7. The van der Waals surface area contributed by atoms with Gasteiger partial charge in [-0.3, -0.25) is 32.5 Å². The molecule has 115 heavy (non-hydrogen) atoms. The van der Waals surface area contributed by atoms with Gasteiger partial charge in [-0.05, 0) is 154 Å². The van der Waals surface area contributed by atoms with Gasteiger partial charge in [-0.25, -0.2) is 9.13 Å². The van der Waals surface area contributed by atoms with Gasteiger partial charge in [-0.1, -0.05) is 363 Å². The van der Waals surface area contributed by atoms with Gasteiger partial charge in [0.2, 0.25) is 0 Å². The fourth-order valence-electron chi connectivity index (χ4n) is 11.6. The van der Waals surface area contributed by atoms with Crippen molar-refractivity contribution in [2.75, 3.05) is 39.6 Å². The molecule has 0 amide bonds. The van der Waals surface area contributed by atoms with E-state index >= 15 is 0 Å². The maximum absolute atomic E-state index is 13.0. The summed E-state index contributed by atoms with van der Waals surface area (Å²) in [6.45, 7) is 2.34. The van der Waals surface area contributed by atoms with Crippen LogP contribution in [-0.2, 0) is 55.8 Å². The third-order valence-electron chi connectivity index (χ3n) is 18.3. The molecule has 0 aliphatic rings. The number of carbonyl (C=O) groups excluding carboxylic acids is 3. The number of hydrogen-bond acceptors (Lipinski definition) is 14. The van der Waals surface area contributed by atoms with Gasteiger partial charge in [-0.15, -0.1) is 0 Å². The number of aliphatic hydroxyl groups is 2. The molecule has 0 fully saturated rings. The molecule has 0 aromatic heterocycles. The van der Waals surface area contributed by atoms with Crippen molar-refractivity contribution in [3.8, 4) is 0 Å². The Balaban J connectivity index is 4.57. The molecule has 0 rings (SSSR count). The summed E-state index contributed by atoms with van der Waals surface area (Å²) in [5.41, 5.74) is 0. The topological polar surface area (TPSA) is 231 Å². The van der Waals surface area contributed by atoms with Gasteiger partial charge < -0.3 is 34.2 Å². The van der Waals surface area contributed by atoms with Crippen LogP contribution in [0, 0.1) is 0 Å². The molecule has 0 saturated carbocycles. The molecular formula is C97H160O16P2. The van der Waals surface area contributed by atoms with Crippen molar-refractivity contribution < 1.29 is 75.8 Å². The van der Waals surface area contributed by atoms with Crippen molar-refractivity contribution >= 4 is 33.6 Å². The molecule has 18 heteroatoms. The van der Waals surface area contributed by atoms with Gasteiger partial charge in [0.05, 0.1) is 26.4 Å². The maximum atomic E-state index is 13.0. The quantitative estimate of drug-likeness (QED) is 0.0146. The summed E-state index contributed by atoms with van der Waals surface area (Å²) in [7, 11) is -9.84. The highest BCUT2D eigenvalue weighted by Gasteiger charge is 2.29. The van der Waals surface area contributed by atoms with E-state index in [1.165, 1.54) is 135 Å². The highest BCUT2D eigenvalue weighted by Crippen LogP contribution is 2.45. The Kier molecular flexibility index (Phi) is 83.4. The predicted molar refractivity (Wildman–Crippen MR) is 481 cm³/mol. The molecule has 5 atom stereocenters. The minimum atomic E-state index is -4.97. The zero-order valence-electron chi connectivity index (χ0n) is 71.9. The van der Waals surface area contributed by atoms with Gasteiger partial charge in [0.1, 0.15) is 25.4 Å². The van der Waals surface area contributed by atoms with Crippen LogP contribution in [0.1, 0.15) is 342 Å². The summed E-state index contributed by atoms with van der Waals surface area (Å²) in [5.74, 6) is -1.68. The second kappa shape index (κ2) is 87.7. The Morgan fingerprint density at radius 2 is 0.478 bits per heavy atom. The first-order chi connectivity index (χ1) is 56.2. The molecule has 0 aliphatic carbocycles. The van der Waals surface area contributed by atoms with E-state index in [-0.39, 0.29) is 19.3 Å². The van der Waals surface area contributed by atoms with Gasteiger partial charge in [-0.2, -0.15) is 0 Å². The molecule has 654 valence electrons. The lowest BCUT2D eigenvalue weighted by molar-refractivity contribution is -0.161. The zero-order chi connectivity index (χ0) is 83.6. The van der Waals surface area contributed by atoms with E-state index in [9.17, 15) is 43.5 Å². The number of carbonyl (C=O) groups is 3. The number of rotatable bonds is 83. The van der Waals surface area contributed by atoms with Crippen LogP contribution in [-0.4, -0.2) is 95.9 Å². The van der Waals surface area contributed by atoms with E-state index in [1.807, 2.05) is 18.2 Å². The van der Waals surface area contributed by atoms with Crippen LogP contribution in [0.5, 0.6) is 0 Å². The lowest BCUT2D eigenvalue weighted by Gasteiger charge is -2.21. The summed E-state index contributed by atoms with van der Waals surface area (Å²) < 4.78 is 61.3. The van der Waals surface area contributed by atoms with E-state index in [0.29, 0.717) is 25.7 Å². The fourth-order valence-corrected chi connectivity index (χ4v) is 13.2. The summed E-state index contributed by atoms with van der Waals surface area (Å²) in [6.07, 6.45) is 116. The van der Waals surface area contributed by atoms with Crippen LogP contribution in [0.25, 0.3) is 0 Å². The smallest absolute Gasteiger partial charge is 0.463 e. The minimum Gasteiger partial charge on any atom is -0.463 e. The van der Waals surface area contributed by atoms with E-state index in [4.69, 9.17) is 32.3 Å². The Hall–Kier alpha value is -5.61. The standard InChI is InChI=1S/C97H160O16P2/c1-4-7-10-13-16-19-22-25-28-31-34-36-38-40-41-42-43-44-45-46-47-48-49-51-53-54-57-59-62-65-68-71-74-77-80-83-95(100)107-86-92(98)87-109-114(103,104)110-88-93(99)89-111-115(105,106)112-91-94(113-97(102)85-82-79-76-73-70-67-64-61-56-33-30-27-24-21-18-15-12-9-6-3)90-108-96(101)84-81-78-75-72-69-66-63-60-58-55-52-50-39-37-35-32-29-26-23-20-17-14-11-8-5-2/h7,9-10,12,16-21,25-30,34-37,40-41,43-44,50,52,56,61,67,70,76,79,92-94,98-99H,4-6,8,11,13-15,22-24,31-33,38-39,42,45-49,51,53-55,57-60,62-66,68-69,71-75,77-78,80-91H2,1-3H3,(H,103,104)(H,105,106)/b10-7-,12-9-,19-16-,20-17-,21-18-,28-25-,29-26-,30-27-,36-34-,37-35-,41-40-,44-43-,52-50-,61-56-,70-67-,79-76-. The molecule has 0 aromatic rings. The molecule has 5 unspecified atom stereocenters. The number of hydrogen-bond donors (Lipinski definition) is 4. The van der Waals surface area contributed by atoms with Gasteiger partial charge >= 0.3 is 33.6 Å². The Morgan fingerprint density at radius 3 is 0.765 bits per heavy atom. The lowest BCUT2D eigenvalue weighted by atomic mass is 10.0. The van der Waals surface area contributed by atoms with E-state index in [1.54, 1.807) is 0 Å². The summed E-state index contributed by atoms with van der Waals surface area (Å²) in [6, 6.07) is 0. The van der Waals surface area contributed by atoms with E-state index in [2.05, 4.69) is 197 Å². The highest BCUT2D eigenvalue weighted by molar-refractivity contribution is 7.47. The number of unbranched alkanes of at least 4 members (excludes halogenated alkanes) is 28. The molecule has 0 heterocycles. The molecule has 0 saturated heterocycles. The van der Waals surface area contributed by atoms with Crippen molar-refractivity contribution in [1.29, 1.82) is 0 Å². The molecule has 0 bridgehead atoms. The second-order valence-electron chi connectivity index (χ2n) is 29.3. The molecule has 4 N–H and O–H groups in total. The Bertz CT molecular complexity index is 2870. The van der Waals surface area contributed by atoms with Gasteiger partial charge in [0, 0.05) is 19.3 Å². The average Bonchev–Trinajstić information content (AvgIpc) is 0.902. The number of esters is 3. The van der Waals surface area contributed by atoms with Crippen molar-refractivity contribution in [2.24, 2.45) is 0 Å². The first-order valence-electron chi connectivity index (χ1n) is 44.7. The molecule has 0 aliphatic heterocycles. The largest absolute Gasteiger partial charge is 0.472 e. The van der Waals surface area contributed by atoms with Crippen molar-refractivity contribution in [1.82, 2.24) is 0 Å². The van der Waals surface area contributed by atoms with E-state index < -0.39 is 91.5 Å². The third kappa shape index (κ3) is 89.0. The number of phosphoric ester groups is 2. The molecule has 0 radical (unpaired) electrons. The first-order valence-corrected chi connectivity index (χ1v) is 47.7. The highest BCUT2D eigenvalue weighted by atomic mass is 31.2. The zero-order valence-corrected chi connectivity index (χ0v) is 73.7. The maximum Gasteiger partial charge on any atom is 0.472 e. The first kappa shape index (κ1) is 109. The summed E-state index contributed by atoms with van der Waals surface area (Å²) in [4.78, 5) is 58.9. The van der Waals surface area contributed by atoms with Crippen LogP contribution >= 0.6 is 15.6 Å². The SMILES string of the molecule is CC/C=C\C/C=C\C/C=C\C/C=C\C/C=C\C/C=C\CCCCCCCCCCCCCCCCCCC(=O)OCC(O)COP(=O)(O)OCC(O)COP(=O)(O)OCC(COC(=O)CCCCCCCCCCC/C=C\C/C=C\C/C=C\C/C=C\CCCCC)OC(=O)CC/C=C\C/C=C\C/C=C\C/C=C\C/C=C\C/C=C\CC. The molecule has 0 aromatic carbocycles. The Labute approximate surface area is 699 Å². The van der Waals surface area contributed by atoms with Crippen molar-refractivity contribution in [3.63, 3.8) is 0 Å². The van der Waals surface area contributed by atoms with Crippen LogP contribution in [0.3, 0.4) is 0 Å². The van der Waals surface area contributed by atoms with Crippen LogP contribution < -0.4 is 0 Å². The number of allylic oxidation sites excluding steroid dienone is 32. The molecule has 16 nitrogen and oxygen atoms in total. The monoisotopic (exact) mass is 1640 g/mol. The third-order valence-corrected chi connectivity index (χ3v) is 20.2. The van der Waals surface area contributed by atoms with Gasteiger partial charge in [0.15, 0.2) is 6.10 Å². The van der Waals surface area contributed by atoms with E-state index in [0.717, 1.165) is 141 Å². The second-order valence-corrected chi connectivity index (χ2v) is 32.2. The van der Waals surface area contributed by atoms with Crippen molar-refractivity contribution in [3.05, 3.63) is 194 Å². The number of ether oxygens (including phenoxy) is 3. The lowest BCUT2D eigenvalue weighted by Crippen LogP contribution is -2.29. The average molecular weight is 1640 g/mol. The van der Waals surface area contributed by atoms with Crippen LogP contribution in [0.2, 0.25) is 0 Å². The Morgan fingerprint density at radius 1 is 0.252 bits per heavy atom. The van der Waals surface area contributed by atoms with Gasteiger partial charge in [0.25, 0.3) is 0 Å². The fraction of sp³-hybridized carbons (Fsp3) is 0.639. The minimum absolute atomic E-state index is 0.0279. The molecule has 0 spiro atoms. The number of phosphoric acid groups is 2. The predicted octanol–water partition coefficient (Wildman–Crippen LogP) is 27.4. The number of aliphatic hydroxyl groups excluding tert-OH is 2. The van der Waals surface area contributed by atoms with Crippen LogP contribution in [0.15, 0.2) is 194 Å². The normalized spacial score (nSPS) is 14.7.